The van der Waals surface area contributed by atoms with E-state index in [4.69, 9.17) is 5.73 Å². The summed E-state index contributed by atoms with van der Waals surface area (Å²) in [6, 6.07) is 9.41. The van der Waals surface area contributed by atoms with Crippen LogP contribution in [0.1, 0.15) is 44.2 Å². The average Bonchev–Trinajstić information content (AvgIpc) is 3.49. The second-order valence-electron chi connectivity index (χ2n) is 7.54. The SMILES string of the molecule is CC(C(=O)N1CCCC(C(=O)NCC2CC2)C1)C(N)c1ccccc1.Cl. The van der Waals surface area contributed by atoms with Crippen LogP contribution in [0.4, 0.5) is 0 Å². The van der Waals surface area contributed by atoms with Gasteiger partial charge in [0.15, 0.2) is 0 Å². The van der Waals surface area contributed by atoms with Crippen LogP contribution < -0.4 is 11.1 Å². The lowest BCUT2D eigenvalue weighted by atomic mass is 9.91. The minimum absolute atomic E-state index is 0. The van der Waals surface area contributed by atoms with Gasteiger partial charge in [0.1, 0.15) is 0 Å². The molecule has 2 amide bonds. The Labute approximate surface area is 162 Å². The van der Waals surface area contributed by atoms with Crippen molar-refractivity contribution in [3.8, 4) is 0 Å². The third-order valence-electron chi connectivity index (χ3n) is 5.48. The van der Waals surface area contributed by atoms with Crippen molar-refractivity contribution in [2.24, 2.45) is 23.5 Å². The van der Waals surface area contributed by atoms with Crippen molar-refractivity contribution in [2.75, 3.05) is 19.6 Å². The van der Waals surface area contributed by atoms with Gasteiger partial charge in [-0.15, -0.1) is 12.4 Å². The lowest BCUT2D eigenvalue weighted by Crippen LogP contribution is -2.48. The highest BCUT2D eigenvalue weighted by Crippen LogP contribution is 2.28. The quantitative estimate of drug-likeness (QED) is 0.797. The zero-order chi connectivity index (χ0) is 17.8. The molecule has 3 N–H and O–H groups in total. The lowest BCUT2D eigenvalue weighted by molar-refractivity contribution is -0.139. The Kier molecular flexibility index (Phi) is 7.47. The summed E-state index contributed by atoms with van der Waals surface area (Å²) in [5.41, 5.74) is 7.27. The standard InChI is InChI=1S/C20H29N3O2.ClH/c1-14(18(21)16-6-3-2-4-7-16)20(25)23-11-5-8-17(13-23)19(24)22-12-15-9-10-15;/h2-4,6-7,14-15,17-18H,5,8-13,21H2,1H3,(H,22,24);1H. The Bertz CT molecular complexity index is 606. The Balaban J connectivity index is 0.00000243. The predicted molar refractivity (Wildman–Crippen MR) is 105 cm³/mol. The molecule has 1 saturated heterocycles. The molecule has 1 aliphatic heterocycles. The first-order valence-electron chi connectivity index (χ1n) is 9.43. The average molecular weight is 380 g/mol. The summed E-state index contributed by atoms with van der Waals surface area (Å²) in [4.78, 5) is 27.1. The summed E-state index contributed by atoms with van der Waals surface area (Å²) in [6.07, 6.45) is 4.19. The number of hydrogen-bond acceptors (Lipinski definition) is 3. The molecular weight excluding hydrogens is 350 g/mol. The van der Waals surface area contributed by atoms with Gasteiger partial charge in [-0.3, -0.25) is 9.59 Å². The highest BCUT2D eigenvalue weighted by atomic mass is 35.5. The third-order valence-corrected chi connectivity index (χ3v) is 5.48. The monoisotopic (exact) mass is 379 g/mol. The van der Waals surface area contributed by atoms with Crippen molar-refractivity contribution < 1.29 is 9.59 Å². The van der Waals surface area contributed by atoms with E-state index in [0.29, 0.717) is 12.5 Å². The minimum Gasteiger partial charge on any atom is -0.356 e. The van der Waals surface area contributed by atoms with Crippen LogP contribution in [0.25, 0.3) is 0 Å². The van der Waals surface area contributed by atoms with Crippen LogP contribution >= 0.6 is 12.4 Å². The first kappa shape index (κ1) is 20.7. The summed E-state index contributed by atoms with van der Waals surface area (Å²) < 4.78 is 0. The van der Waals surface area contributed by atoms with Gasteiger partial charge in [-0.05, 0) is 37.2 Å². The van der Waals surface area contributed by atoms with Crippen molar-refractivity contribution in [1.82, 2.24) is 10.2 Å². The molecule has 0 aromatic heterocycles. The molecule has 1 aromatic carbocycles. The summed E-state index contributed by atoms with van der Waals surface area (Å²) in [5.74, 6) is 0.446. The Hall–Kier alpha value is -1.59. The minimum atomic E-state index is -0.322. The van der Waals surface area contributed by atoms with Gasteiger partial charge in [-0.25, -0.2) is 0 Å². The van der Waals surface area contributed by atoms with E-state index >= 15 is 0 Å². The molecule has 2 fully saturated rings. The van der Waals surface area contributed by atoms with Gasteiger partial charge in [0, 0.05) is 25.7 Å². The van der Waals surface area contributed by atoms with E-state index in [-0.39, 0.29) is 42.1 Å². The fourth-order valence-corrected chi connectivity index (χ4v) is 3.51. The van der Waals surface area contributed by atoms with Gasteiger partial charge in [0.2, 0.25) is 11.8 Å². The molecule has 3 rings (SSSR count). The van der Waals surface area contributed by atoms with Gasteiger partial charge in [-0.1, -0.05) is 37.3 Å². The Morgan fingerprint density at radius 2 is 1.92 bits per heavy atom. The number of benzene rings is 1. The highest BCUT2D eigenvalue weighted by molar-refractivity contribution is 5.85. The van der Waals surface area contributed by atoms with Crippen LogP contribution in [0, 0.1) is 17.8 Å². The van der Waals surface area contributed by atoms with E-state index in [0.717, 1.165) is 31.5 Å². The molecule has 0 spiro atoms. The maximum Gasteiger partial charge on any atom is 0.227 e. The second-order valence-corrected chi connectivity index (χ2v) is 7.54. The van der Waals surface area contributed by atoms with Crippen molar-refractivity contribution in [2.45, 2.75) is 38.6 Å². The number of rotatable bonds is 6. The molecule has 3 atom stereocenters. The number of nitrogens with zero attached hydrogens (tertiary/aromatic N) is 1. The molecule has 1 aromatic rings. The smallest absolute Gasteiger partial charge is 0.227 e. The fraction of sp³-hybridized carbons (Fsp3) is 0.600. The highest BCUT2D eigenvalue weighted by Gasteiger charge is 2.33. The molecule has 2 aliphatic rings. The molecule has 1 saturated carbocycles. The maximum absolute atomic E-state index is 12.9. The van der Waals surface area contributed by atoms with E-state index in [2.05, 4.69) is 5.32 Å². The van der Waals surface area contributed by atoms with E-state index in [1.807, 2.05) is 42.2 Å². The summed E-state index contributed by atoms with van der Waals surface area (Å²) in [6.45, 7) is 3.91. The lowest BCUT2D eigenvalue weighted by Gasteiger charge is -2.35. The fourth-order valence-electron chi connectivity index (χ4n) is 3.51. The number of nitrogens with two attached hydrogens (primary N) is 1. The zero-order valence-electron chi connectivity index (χ0n) is 15.4. The van der Waals surface area contributed by atoms with Crippen LogP contribution in [-0.2, 0) is 9.59 Å². The molecule has 1 aliphatic carbocycles. The molecule has 3 unspecified atom stereocenters. The van der Waals surface area contributed by atoms with E-state index in [9.17, 15) is 9.59 Å². The zero-order valence-corrected chi connectivity index (χ0v) is 16.2. The Morgan fingerprint density at radius 3 is 2.58 bits per heavy atom. The normalized spacial score (nSPS) is 22.1. The molecule has 5 nitrogen and oxygen atoms in total. The van der Waals surface area contributed by atoms with E-state index in [1.54, 1.807) is 0 Å². The molecule has 144 valence electrons. The number of piperidine rings is 1. The first-order chi connectivity index (χ1) is 12.1. The van der Waals surface area contributed by atoms with Crippen molar-refractivity contribution in [3.05, 3.63) is 35.9 Å². The van der Waals surface area contributed by atoms with Crippen molar-refractivity contribution in [3.63, 3.8) is 0 Å². The van der Waals surface area contributed by atoms with Crippen LogP contribution in [0.3, 0.4) is 0 Å². The number of hydrogen-bond donors (Lipinski definition) is 2. The van der Waals surface area contributed by atoms with Crippen LogP contribution in [-0.4, -0.2) is 36.3 Å². The molecule has 6 heteroatoms. The van der Waals surface area contributed by atoms with Gasteiger partial charge in [0.25, 0.3) is 0 Å². The molecule has 0 bridgehead atoms. The van der Waals surface area contributed by atoms with Crippen LogP contribution in [0.2, 0.25) is 0 Å². The van der Waals surface area contributed by atoms with Crippen LogP contribution in [0.15, 0.2) is 30.3 Å². The molecule has 26 heavy (non-hydrogen) atoms. The molecular formula is C20H30ClN3O2. The summed E-state index contributed by atoms with van der Waals surface area (Å²) >= 11 is 0. The number of amides is 2. The third kappa shape index (κ3) is 5.21. The van der Waals surface area contributed by atoms with Crippen molar-refractivity contribution >= 4 is 24.2 Å². The number of carbonyl (C=O) groups is 2. The van der Waals surface area contributed by atoms with Crippen molar-refractivity contribution in [1.29, 1.82) is 0 Å². The number of carbonyl (C=O) groups excluding carboxylic acids is 2. The first-order valence-corrected chi connectivity index (χ1v) is 9.43. The van der Waals surface area contributed by atoms with Crippen LogP contribution in [0.5, 0.6) is 0 Å². The number of likely N-dealkylation sites (tertiary alicyclic amines) is 1. The largest absolute Gasteiger partial charge is 0.356 e. The van der Waals surface area contributed by atoms with Gasteiger partial charge >= 0.3 is 0 Å². The van der Waals surface area contributed by atoms with E-state index < -0.39 is 0 Å². The number of nitrogens with one attached hydrogen (secondary N) is 1. The van der Waals surface area contributed by atoms with Gasteiger partial charge in [0.05, 0.1) is 11.8 Å². The summed E-state index contributed by atoms with van der Waals surface area (Å²) in [7, 11) is 0. The second kappa shape index (κ2) is 9.38. The predicted octanol–water partition coefficient (Wildman–Crippen LogP) is 2.51. The van der Waals surface area contributed by atoms with E-state index in [1.165, 1.54) is 12.8 Å². The topological polar surface area (TPSA) is 75.4 Å². The molecule has 1 heterocycles. The summed E-state index contributed by atoms with van der Waals surface area (Å²) in [5, 5.41) is 3.05. The van der Waals surface area contributed by atoms with Gasteiger partial charge in [-0.2, -0.15) is 0 Å². The van der Waals surface area contributed by atoms with Gasteiger partial charge < -0.3 is 16.0 Å². The maximum atomic E-state index is 12.9. The number of halogens is 1. The molecule has 0 radical (unpaired) electrons. The Morgan fingerprint density at radius 1 is 1.23 bits per heavy atom.